The zero-order valence-electron chi connectivity index (χ0n) is 13.6. The highest BCUT2D eigenvalue weighted by Gasteiger charge is 2.32. The molecule has 0 spiro atoms. The number of nitrogens with zero attached hydrogens (tertiary/aromatic N) is 1. The van der Waals surface area contributed by atoms with E-state index in [-0.39, 0.29) is 11.9 Å². The SMILES string of the molecule is CCOP(=O)(Cc1c2c(n3ccccc13)CCCC2=O)OCC. The van der Waals surface area contributed by atoms with Crippen molar-refractivity contribution in [2.24, 2.45) is 0 Å². The van der Waals surface area contributed by atoms with E-state index >= 15 is 0 Å². The summed E-state index contributed by atoms with van der Waals surface area (Å²) in [5.74, 6) is 0.129. The molecule has 0 unspecified atom stereocenters. The largest absolute Gasteiger partial charge is 0.335 e. The lowest BCUT2D eigenvalue weighted by molar-refractivity contribution is 0.0971. The number of hydrogen-bond acceptors (Lipinski definition) is 4. The van der Waals surface area contributed by atoms with Crippen molar-refractivity contribution in [1.82, 2.24) is 4.40 Å². The zero-order valence-corrected chi connectivity index (χ0v) is 14.5. The van der Waals surface area contributed by atoms with Gasteiger partial charge in [0.05, 0.1) is 19.4 Å². The van der Waals surface area contributed by atoms with E-state index in [2.05, 4.69) is 0 Å². The van der Waals surface area contributed by atoms with Gasteiger partial charge in [-0.3, -0.25) is 9.36 Å². The fraction of sp³-hybridized carbons (Fsp3) is 0.471. The summed E-state index contributed by atoms with van der Waals surface area (Å²) in [5, 5.41) is 0. The summed E-state index contributed by atoms with van der Waals surface area (Å²) in [6, 6.07) is 5.84. The summed E-state index contributed by atoms with van der Waals surface area (Å²) in [6.07, 6.45) is 4.37. The minimum absolute atomic E-state index is 0.129. The zero-order chi connectivity index (χ0) is 16.4. The second-order valence-electron chi connectivity index (χ2n) is 5.64. The molecule has 0 saturated heterocycles. The molecule has 124 valence electrons. The molecule has 1 aliphatic rings. The van der Waals surface area contributed by atoms with Gasteiger partial charge in [-0.25, -0.2) is 0 Å². The minimum Gasteiger partial charge on any atom is -0.320 e. The predicted molar refractivity (Wildman–Crippen MR) is 89.2 cm³/mol. The van der Waals surface area contributed by atoms with Crippen LogP contribution in [0.5, 0.6) is 0 Å². The van der Waals surface area contributed by atoms with Crippen LogP contribution in [0.1, 0.15) is 48.3 Å². The van der Waals surface area contributed by atoms with Crippen molar-refractivity contribution in [3.63, 3.8) is 0 Å². The lowest BCUT2D eigenvalue weighted by atomic mass is 9.94. The number of hydrogen-bond donors (Lipinski definition) is 0. The lowest BCUT2D eigenvalue weighted by Crippen LogP contribution is -2.12. The summed E-state index contributed by atoms with van der Waals surface area (Å²) >= 11 is 0. The summed E-state index contributed by atoms with van der Waals surface area (Å²) in [5.41, 5.74) is 3.47. The van der Waals surface area contributed by atoms with Gasteiger partial charge in [0.2, 0.25) is 0 Å². The van der Waals surface area contributed by atoms with Gasteiger partial charge in [0.25, 0.3) is 0 Å². The molecule has 23 heavy (non-hydrogen) atoms. The maximum atomic E-state index is 13.0. The third kappa shape index (κ3) is 3.01. The monoisotopic (exact) mass is 335 g/mol. The van der Waals surface area contributed by atoms with Crippen molar-refractivity contribution in [1.29, 1.82) is 0 Å². The van der Waals surface area contributed by atoms with Crippen LogP contribution in [0.2, 0.25) is 0 Å². The minimum atomic E-state index is -3.25. The van der Waals surface area contributed by atoms with Crippen LogP contribution >= 0.6 is 7.60 Å². The van der Waals surface area contributed by atoms with Crippen molar-refractivity contribution in [3.8, 4) is 0 Å². The average molecular weight is 335 g/mol. The lowest BCUT2D eigenvalue weighted by Gasteiger charge is -2.18. The molecule has 2 heterocycles. The number of fused-ring (bicyclic) bond motifs is 3. The molecule has 2 aromatic rings. The van der Waals surface area contributed by atoms with Crippen LogP contribution < -0.4 is 0 Å². The maximum absolute atomic E-state index is 13.0. The molecule has 0 amide bonds. The van der Waals surface area contributed by atoms with Crippen LogP contribution in [0, 0.1) is 0 Å². The number of pyridine rings is 1. The molecule has 1 aliphatic carbocycles. The molecule has 3 rings (SSSR count). The standard InChI is InChI=1S/C17H22NO4P/c1-3-21-23(20,22-4-2)12-13-14-8-5-6-11-18(14)15-9-7-10-16(19)17(13)15/h5-6,8,11H,3-4,7,9-10,12H2,1-2H3. The maximum Gasteiger partial charge on any atom is 0.335 e. The molecular formula is C17H22NO4P. The molecule has 0 aliphatic heterocycles. The van der Waals surface area contributed by atoms with E-state index in [1.54, 1.807) is 13.8 Å². The van der Waals surface area contributed by atoms with E-state index in [0.717, 1.165) is 35.2 Å². The van der Waals surface area contributed by atoms with Gasteiger partial charge in [0.15, 0.2) is 5.78 Å². The Hall–Kier alpha value is -1.42. The van der Waals surface area contributed by atoms with Gasteiger partial charge in [0.1, 0.15) is 0 Å². The molecule has 0 N–H and O–H groups in total. The first kappa shape index (κ1) is 16.4. The number of aromatic nitrogens is 1. The van der Waals surface area contributed by atoms with Gasteiger partial charge in [-0.05, 0) is 38.8 Å². The van der Waals surface area contributed by atoms with Crippen LogP contribution in [0.15, 0.2) is 24.4 Å². The molecule has 0 bridgehead atoms. The summed E-state index contributed by atoms with van der Waals surface area (Å²) in [4.78, 5) is 12.5. The molecule has 0 radical (unpaired) electrons. The quantitative estimate of drug-likeness (QED) is 0.742. The van der Waals surface area contributed by atoms with Gasteiger partial charge in [-0.1, -0.05) is 6.07 Å². The van der Waals surface area contributed by atoms with Crippen LogP contribution in [0.25, 0.3) is 5.52 Å². The second kappa shape index (κ2) is 6.60. The molecule has 2 aromatic heterocycles. The molecule has 0 saturated carbocycles. The van der Waals surface area contributed by atoms with Gasteiger partial charge >= 0.3 is 7.60 Å². The first-order valence-electron chi connectivity index (χ1n) is 8.11. The van der Waals surface area contributed by atoms with E-state index < -0.39 is 7.60 Å². The third-order valence-electron chi connectivity index (χ3n) is 4.15. The van der Waals surface area contributed by atoms with Crippen LogP contribution in [0.3, 0.4) is 0 Å². The number of ketones is 1. The topological polar surface area (TPSA) is 57.0 Å². The van der Waals surface area contributed by atoms with Crippen molar-refractivity contribution in [2.45, 2.75) is 39.3 Å². The van der Waals surface area contributed by atoms with E-state index in [4.69, 9.17) is 9.05 Å². The molecule has 0 fully saturated rings. The molecular weight excluding hydrogens is 313 g/mol. The van der Waals surface area contributed by atoms with Gasteiger partial charge in [0, 0.05) is 35.0 Å². The number of Topliss-reactive ketones (excluding diaryl/α,β-unsaturated/α-hetero) is 1. The van der Waals surface area contributed by atoms with E-state index in [0.29, 0.717) is 19.6 Å². The summed E-state index contributed by atoms with van der Waals surface area (Å²) in [6.45, 7) is 4.23. The van der Waals surface area contributed by atoms with Crippen molar-refractivity contribution in [3.05, 3.63) is 41.2 Å². The third-order valence-corrected chi connectivity index (χ3v) is 6.16. The summed E-state index contributed by atoms with van der Waals surface area (Å²) in [7, 11) is -3.25. The van der Waals surface area contributed by atoms with Crippen LogP contribution in [-0.2, 0) is 26.2 Å². The summed E-state index contributed by atoms with van der Waals surface area (Å²) < 4.78 is 25.9. The van der Waals surface area contributed by atoms with Gasteiger partial charge in [-0.15, -0.1) is 0 Å². The molecule has 0 aromatic carbocycles. The highest BCUT2D eigenvalue weighted by atomic mass is 31.2. The Bertz CT molecular complexity index is 770. The van der Waals surface area contributed by atoms with Gasteiger partial charge < -0.3 is 13.4 Å². The van der Waals surface area contributed by atoms with Crippen molar-refractivity contribution >= 4 is 18.9 Å². The molecule has 6 heteroatoms. The van der Waals surface area contributed by atoms with Crippen LogP contribution in [0.4, 0.5) is 0 Å². The second-order valence-corrected chi connectivity index (χ2v) is 7.69. The van der Waals surface area contributed by atoms with E-state index in [1.165, 1.54) is 0 Å². The molecule has 0 atom stereocenters. The first-order valence-corrected chi connectivity index (χ1v) is 9.84. The Balaban J connectivity index is 2.15. The Morgan fingerprint density at radius 3 is 2.61 bits per heavy atom. The van der Waals surface area contributed by atoms with Crippen LogP contribution in [-0.4, -0.2) is 23.4 Å². The fourth-order valence-electron chi connectivity index (χ4n) is 3.34. The smallest absolute Gasteiger partial charge is 0.320 e. The number of aryl methyl sites for hydroxylation is 1. The Morgan fingerprint density at radius 2 is 1.91 bits per heavy atom. The molecule has 5 nitrogen and oxygen atoms in total. The Kier molecular flexibility index (Phi) is 4.72. The highest BCUT2D eigenvalue weighted by Crippen LogP contribution is 2.53. The number of rotatable bonds is 6. The van der Waals surface area contributed by atoms with Crippen molar-refractivity contribution < 1.29 is 18.4 Å². The normalized spacial score (nSPS) is 15.1. The van der Waals surface area contributed by atoms with E-state index in [9.17, 15) is 9.36 Å². The Morgan fingerprint density at radius 1 is 1.17 bits per heavy atom. The Labute approximate surface area is 136 Å². The van der Waals surface area contributed by atoms with Crippen molar-refractivity contribution in [2.75, 3.05) is 13.2 Å². The number of carbonyl (C=O) groups excluding carboxylic acids is 1. The highest BCUT2D eigenvalue weighted by molar-refractivity contribution is 7.53. The predicted octanol–water partition coefficient (Wildman–Crippen LogP) is 4.22. The first-order chi connectivity index (χ1) is 11.1. The number of carbonyl (C=O) groups is 1. The van der Waals surface area contributed by atoms with E-state index in [1.807, 2.05) is 28.8 Å². The van der Waals surface area contributed by atoms with Gasteiger partial charge in [-0.2, -0.15) is 0 Å². The fourth-order valence-corrected chi connectivity index (χ4v) is 5.09. The average Bonchev–Trinajstić information content (AvgIpc) is 2.83.